The summed E-state index contributed by atoms with van der Waals surface area (Å²) in [5.74, 6) is -0.281. The lowest BCUT2D eigenvalue weighted by Gasteiger charge is -2.28. The molecule has 25 heavy (non-hydrogen) atoms. The highest BCUT2D eigenvalue weighted by atomic mass is 35.5. The lowest BCUT2D eigenvalue weighted by Crippen LogP contribution is -2.43. The monoisotopic (exact) mass is 359 g/mol. The van der Waals surface area contributed by atoms with Crippen LogP contribution in [0.4, 0.5) is 5.69 Å². The molecule has 1 atom stereocenters. The van der Waals surface area contributed by atoms with Gasteiger partial charge in [0.15, 0.2) is 0 Å². The number of amides is 2. The van der Waals surface area contributed by atoms with Crippen LogP contribution < -0.4 is 10.2 Å². The summed E-state index contributed by atoms with van der Waals surface area (Å²) in [6.07, 6.45) is 0. The van der Waals surface area contributed by atoms with Crippen LogP contribution >= 0.6 is 11.6 Å². The highest BCUT2D eigenvalue weighted by Crippen LogP contribution is 2.22. The predicted molar refractivity (Wildman–Crippen MR) is 101 cm³/mol. The number of para-hydroxylation sites is 1. The number of anilines is 1. The summed E-state index contributed by atoms with van der Waals surface area (Å²) in [5.41, 5.74) is 1.59. The first-order valence-corrected chi connectivity index (χ1v) is 8.30. The Labute approximate surface area is 153 Å². The van der Waals surface area contributed by atoms with Crippen molar-refractivity contribution in [3.63, 3.8) is 0 Å². The molecule has 0 heterocycles. The number of benzene rings is 2. The molecule has 2 amide bonds. The fourth-order valence-electron chi connectivity index (χ4n) is 2.59. The van der Waals surface area contributed by atoms with E-state index in [4.69, 9.17) is 11.6 Å². The van der Waals surface area contributed by atoms with Crippen LogP contribution in [-0.2, 0) is 9.59 Å². The van der Waals surface area contributed by atoms with Gasteiger partial charge in [-0.15, -0.1) is 0 Å². The van der Waals surface area contributed by atoms with Crippen molar-refractivity contribution in [2.24, 2.45) is 0 Å². The van der Waals surface area contributed by atoms with Crippen LogP contribution in [0, 0.1) is 0 Å². The summed E-state index contributed by atoms with van der Waals surface area (Å²) in [7, 11) is 5.06. The number of halogens is 1. The van der Waals surface area contributed by atoms with Gasteiger partial charge in [-0.2, -0.15) is 0 Å². The van der Waals surface area contributed by atoms with Gasteiger partial charge in [-0.1, -0.05) is 41.9 Å². The van der Waals surface area contributed by atoms with Crippen molar-refractivity contribution >= 4 is 29.1 Å². The van der Waals surface area contributed by atoms with Crippen LogP contribution in [0.3, 0.4) is 0 Å². The molecule has 0 saturated carbocycles. The second kappa shape index (κ2) is 8.65. The van der Waals surface area contributed by atoms with E-state index in [1.165, 1.54) is 0 Å². The molecule has 0 aromatic heterocycles. The van der Waals surface area contributed by atoms with Gasteiger partial charge in [-0.05, 0) is 36.9 Å². The van der Waals surface area contributed by atoms with E-state index in [0.717, 1.165) is 11.3 Å². The van der Waals surface area contributed by atoms with E-state index in [0.29, 0.717) is 5.02 Å². The normalized spacial score (nSPS) is 11.9. The zero-order valence-electron chi connectivity index (χ0n) is 14.6. The number of carbonyl (C=O) groups is 2. The van der Waals surface area contributed by atoms with Gasteiger partial charge in [0.2, 0.25) is 11.8 Å². The minimum absolute atomic E-state index is 0.100. The molecule has 1 N–H and O–H groups in total. The Kier molecular flexibility index (Phi) is 6.56. The van der Waals surface area contributed by atoms with Gasteiger partial charge in [-0.3, -0.25) is 14.5 Å². The molecule has 2 aromatic carbocycles. The smallest absolute Gasteiger partial charge is 0.241 e. The molecule has 0 aliphatic rings. The van der Waals surface area contributed by atoms with Gasteiger partial charge in [0.1, 0.15) is 6.04 Å². The first-order valence-electron chi connectivity index (χ1n) is 7.93. The van der Waals surface area contributed by atoms with Crippen molar-refractivity contribution in [1.29, 1.82) is 0 Å². The van der Waals surface area contributed by atoms with Gasteiger partial charge in [0.25, 0.3) is 0 Å². The maximum absolute atomic E-state index is 12.6. The minimum atomic E-state index is -0.574. The molecule has 5 nitrogen and oxygen atoms in total. The maximum atomic E-state index is 12.6. The molecule has 0 aliphatic heterocycles. The Morgan fingerprint density at radius 1 is 1.04 bits per heavy atom. The summed E-state index contributed by atoms with van der Waals surface area (Å²) < 4.78 is 0. The fraction of sp³-hybridized carbons (Fsp3) is 0.263. The maximum Gasteiger partial charge on any atom is 0.241 e. The molecule has 0 unspecified atom stereocenters. The Morgan fingerprint density at radius 2 is 1.64 bits per heavy atom. The van der Waals surface area contributed by atoms with Crippen LogP contribution in [0.25, 0.3) is 0 Å². The number of nitrogens with zero attached hydrogens (tertiary/aromatic N) is 2. The predicted octanol–water partition coefficient (Wildman–Crippen LogP) is 2.72. The SMILES string of the molecule is CNC(=O)[C@@H](c1ccc(Cl)cc1)N(C)CC(=O)N(C)c1ccccc1. The number of nitrogens with one attached hydrogen (secondary N) is 1. The van der Waals surface area contributed by atoms with E-state index in [2.05, 4.69) is 5.32 Å². The average Bonchev–Trinajstić information content (AvgIpc) is 2.63. The van der Waals surface area contributed by atoms with Crippen LogP contribution in [0.15, 0.2) is 54.6 Å². The zero-order chi connectivity index (χ0) is 18.4. The van der Waals surface area contributed by atoms with E-state index < -0.39 is 6.04 Å². The number of likely N-dealkylation sites (N-methyl/N-ethyl adjacent to an activating group) is 3. The summed E-state index contributed by atoms with van der Waals surface area (Å²) in [4.78, 5) is 28.2. The number of hydrogen-bond acceptors (Lipinski definition) is 3. The molecule has 132 valence electrons. The van der Waals surface area contributed by atoms with Crippen molar-refractivity contribution in [3.05, 3.63) is 65.2 Å². The summed E-state index contributed by atoms with van der Waals surface area (Å²) in [6.45, 7) is 0.103. The Hall–Kier alpha value is -2.37. The molecule has 2 aromatic rings. The molecular formula is C19H22ClN3O2. The number of hydrogen-bond donors (Lipinski definition) is 1. The topological polar surface area (TPSA) is 52.7 Å². The number of carbonyl (C=O) groups excluding carboxylic acids is 2. The summed E-state index contributed by atoms with van der Waals surface area (Å²) >= 11 is 5.93. The Morgan fingerprint density at radius 3 is 2.20 bits per heavy atom. The summed E-state index contributed by atoms with van der Waals surface area (Å²) in [6, 6.07) is 15.9. The standard InChI is InChI=1S/C19H22ClN3O2/c1-21-19(25)18(14-9-11-15(20)12-10-14)22(2)13-17(24)23(3)16-7-5-4-6-8-16/h4-12,18H,13H2,1-3H3,(H,21,25)/t18-/m1/s1. The van der Waals surface area contributed by atoms with E-state index >= 15 is 0 Å². The first-order chi connectivity index (χ1) is 11.9. The second-order valence-corrected chi connectivity index (χ2v) is 6.21. The third-order valence-corrected chi connectivity index (χ3v) is 4.28. The van der Waals surface area contributed by atoms with Gasteiger partial charge < -0.3 is 10.2 Å². The minimum Gasteiger partial charge on any atom is -0.358 e. The molecular weight excluding hydrogens is 338 g/mol. The van der Waals surface area contributed by atoms with Gasteiger partial charge in [0, 0.05) is 24.8 Å². The van der Waals surface area contributed by atoms with Crippen molar-refractivity contribution in [2.45, 2.75) is 6.04 Å². The molecule has 0 spiro atoms. The van der Waals surface area contributed by atoms with Crippen molar-refractivity contribution in [1.82, 2.24) is 10.2 Å². The van der Waals surface area contributed by atoms with Crippen LogP contribution in [-0.4, -0.2) is 44.4 Å². The zero-order valence-corrected chi connectivity index (χ0v) is 15.3. The molecule has 0 radical (unpaired) electrons. The van der Waals surface area contributed by atoms with Crippen LogP contribution in [0.2, 0.25) is 5.02 Å². The van der Waals surface area contributed by atoms with Gasteiger partial charge in [0.05, 0.1) is 6.54 Å². The summed E-state index contributed by atoms with van der Waals surface area (Å²) in [5, 5.41) is 3.25. The van der Waals surface area contributed by atoms with Crippen molar-refractivity contribution in [2.75, 3.05) is 32.6 Å². The quantitative estimate of drug-likeness (QED) is 0.862. The number of rotatable bonds is 6. The lowest BCUT2D eigenvalue weighted by molar-refractivity contribution is -0.127. The molecule has 6 heteroatoms. The molecule has 0 bridgehead atoms. The van der Waals surface area contributed by atoms with Crippen molar-refractivity contribution < 1.29 is 9.59 Å². The van der Waals surface area contributed by atoms with Crippen LogP contribution in [0.1, 0.15) is 11.6 Å². The van der Waals surface area contributed by atoms with Crippen molar-refractivity contribution in [3.8, 4) is 0 Å². The van der Waals surface area contributed by atoms with E-state index in [-0.39, 0.29) is 18.4 Å². The average molecular weight is 360 g/mol. The Bertz CT molecular complexity index is 719. The van der Waals surface area contributed by atoms with E-state index in [9.17, 15) is 9.59 Å². The third kappa shape index (κ3) is 4.81. The highest BCUT2D eigenvalue weighted by Gasteiger charge is 2.26. The molecule has 0 saturated heterocycles. The van der Waals surface area contributed by atoms with E-state index in [1.54, 1.807) is 55.2 Å². The van der Waals surface area contributed by atoms with Crippen LogP contribution in [0.5, 0.6) is 0 Å². The highest BCUT2D eigenvalue weighted by molar-refractivity contribution is 6.30. The lowest BCUT2D eigenvalue weighted by atomic mass is 10.0. The Balaban J connectivity index is 2.16. The second-order valence-electron chi connectivity index (χ2n) is 5.77. The molecule has 2 rings (SSSR count). The molecule has 0 aliphatic carbocycles. The van der Waals surface area contributed by atoms with E-state index in [1.807, 2.05) is 30.3 Å². The first kappa shape index (κ1) is 19.0. The van der Waals surface area contributed by atoms with Gasteiger partial charge >= 0.3 is 0 Å². The largest absolute Gasteiger partial charge is 0.358 e. The van der Waals surface area contributed by atoms with Gasteiger partial charge in [-0.25, -0.2) is 0 Å². The molecule has 0 fully saturated rings. The third-order valence-electron chi connectivity index (χ3n) is 4.02. The fourth-order valence-corrected chi connectivity index (χ4v) is 2.72.